The van der Waals surface area contributed by atoms with Crippen molar-refractivity contribution < 1.29 is 13.5 Å². The quantitative estimate of drug-likeness (QED) is 0.887. The van der Waals surface area contributed by atoms with E-state index in [4.69, 9.17) is 0 Å². The number of hydrogen-bond donors (Lipinski definition) is 1. The highest BCUT2D eigenvalue weighted by atomic mass is 19.3. The third-order valence-electron chi connectivity index (χ3n) is 3.76. The van der Waals surface area contributed by atoms with Crippen molar-refractivity contribution >= 4 is 0 Å². The van der Waals surface area contributed by atoms with Crippen LogP contribution in [0.4, 0.5) is 8.78 Å². The molecule has 2 fully saturated rings. The van der Waals surface area contributed by atoms with E-state index in [1.165, 1.54) is 6.42 Å². The normalized spacial score (nSPS) is 27.1. The first-order chi connectivity index (χ1) is 8.72. The topological polar surface area (TPSA) is 24.5 Å². The Balaban J connectivity index is 1.60. The molecular formula is C13H16F2N2O. The monoisotopic (exact) mass is 254 g/mol. The fraction of sp³-hybridized carbons (Fsp3) is 0.538. The molecule has 5 heteroatoms. The number of rotatable bonds is 4. The predicted octanol–water partition coefficient (Wildman–Crippen LogP) is 1.83. The van der Waals surface area contributed by atoms with Crippen molar-refractivity contribution in [3.63, 3.8) is 0 Å². The van der Waals surface area contributed by atoms with Crippen LogP contribution in [0.2, 0.25) is 0 Å². The third-order valence-corrected chi connectivity index (χ3v) is 3.76. The molecule has 1 N–H and O–H groups in total. The molecule has 0 aliphatic carbocycles. The fourth-order valence-corrected chi connectivity index (χ4v) is 2.81. The predicted molar refractivity (Wildman–Crippen MR) is 63.7 cm³/mol. The van der Waals surface area contributed by atoms with Gasteiger partial charge < -0.3 is 10.1 Å². The first-order valence-electron chi connectivity index (χ1n) is 6.22. The minimum absolute atomic E-state index is 0.222. The van der Waals surface area contributed by atoms with Gasteiger partial charge in [-0.15, -0.1) is 0 Å². The zero-order chi connectivity index (χ0) is 12.5. The summed E-state index contributed by atoms with van der Waals surface area (Å²) in [5.74, 6) is 0.222. The highest BCUT2D eigenvalue weighted by Crippen LogP contribution is 2.30. The molecule has 1 aromatic carbocycles. The summed E-state index contributed by atoms with van der Waals surface area (Å²) in [6, 6.07) is 8.21. The van der Waals surface area contributed by atoms with E-state index in [1.54, 1.807) is 12.1 Å². The molecule has 2 atom stereocenters. The molecule has 2 aliphatic heterocycles. The van der Waals surface area contributed by atoms with Gasteiger partial charge in [0.1, 0.15) is 5.75 Å². The van der Waals surface area contributed by atoms with E-state index in [1.807, 2.05) is 12.1 Å². The van der Waals surface area contributed by atoms with E-state index >= 15 is 0 Å². The van der Waals surface area contributed by atoms with Crippen LogP contribution < -0.4 is 10.1 Å². The average Bonchev–Trinajstić information content (AvgIpc) is 2.38. The Labute approximate surface area is 105 Å². The van der Waals surface area contributed by atoms with Gasteiger partial charge in [-0.2, -0.15) is 8.78 Å². The van der Waals surface area contributed by atoms with E-state index in [2.05, 4.69) is 15.0 Å². The molecule has 0 radical (unpaired) electrons. The van der Waals surface area contributed by atoms with Crippen molar-refractivity contribution in [2.45, 2.75) is 31.7 Å². The van der Waals surface area contributed by atoms with Crippen LogP contribution in [0.5, 0.6) is 5.75 Å². The van der Waals surface area contributed by atoms with E-state index in [0.717, 1.165) is 25.2 Å². The maximum atomic E-state index is 12.0. The number of fused-ring (bicyclic) bond motifs is 2. The Kier molecular flexibility index (Phi) is 3.18. The van der Waals surface area contributed by atoms with E-state index < -0.39 is 6.61 Å². The minimum atomic E-state index is -2.75. The molecule has 2 saturated heterocycles. The smallest absolute Gasteiger partial charge is 0.387 e. The van der Waals surface area contributed by atoms with Gasteiger partial charge in [0.2, 0.25) is 0 Å². The van der Waals surface area contributed by atoms with Gasteiger partial charge >= 0.3 is 6.61 Å². The van der Waals surface area contributed by atoms with Crippen LogP contribution in [0.15, 0.2) is 24.3 Å². The number of nitrogens with one attached hydrogen (secondary N) is 1. The summed E-state index contributed by atoms with van der Waals surface area (Å²) < 4.78 is 28.4. The zero-order valence-electron chi connectivity index (χ0n) is 9.98. The van der Waals surface area contributed by atoms with Crippen molar-refractivity contribution in [2.24, 2.45) is 0 Å². The third kappa shape index (κ3) is 2.33. The molecule has 2 unspecified atom stereocenters. The molecule has 0 aromatic heterocycles. The van der Waals surface area contributed by atoms with Crippen LogP contribution in [0.3, 0.4) is 0 Å². The fourth-order valence-electron chi connectivity index (χ4n) is 2.81. The molecule has 0 saturated carbocycles. The standard InChI is InChI=1S/C13H16F2N2O/c14-13(15)18-12-3-1-9(2-4-12)8-17-10-5-11(17)7-16-6-10/h1-4,10-11,13,16H,5-8H2. The number of piperidine rings is 1. The first-order valence-corrected chi connectivity index (χ1v) is 6.22. The number of ether oxygens (including phenoxy) is 1. The van der Waals surface area contributed by atoms with Crippen molar-refractivity contribution in [3.05, 3.63) is 29.8 Å². The summed E-state index contributed by atoms with van der Waals surface area (Å²) in [6.07, 6.45) is 1.28. The molecule has 2 bridgehead atoms. The lowest BCUT2D eigenvalue weighted by atomic mass is 9.88. The number of nitrogens with zero attached hydrogens (tertiary/aromatic N) is 1. The molecule has 0 spiro atoms. The van der Waals surface area contributed by atoms with Crippen molar-refractivity contribution in [1.82, 2.24) is 10.2 Å². The molecule has 2 heterocycles. The number of hydrogen-bond acceptors (Lipinski definition) is 3. The van der Waals surface area contributed by atoms with Crippen molar-refractivity contribution in [1.29, 1.82) is 0 Å². The largest absolute Gasteiger partial charge is 0.435 e. The Hall–Kier alpha value is -1.20. The van der Waals surface area contributed by atoms with Gasteiger partial charge in [0, 0.05) is 31.7 Å². The van der Waals surface area contributed by atoms with Crippen LogP contribution in [-0.2, 0) is 6.54 Å². The number of piperazine rings is 1. The van der Waals surface area contributed by atoms with Gasteiger partial charge in [0.25, 0.3) is 0 Å². The molecular weight excluding hydrogens is 238 g/mol. The molecule has 0 amide bonds. The van der Waals surface area contributed by atoms with Crippen molar-refractivity contribution in [2.75, 3.05) is 13.1 Å². The summed E-state index contributed by atoms with van der Waals surface area (Å²) in [7, 11) is 0. The second-order valence-corrected chi connectivity index (χ2v) is 4.90. The summed E-state index contributed by atoms with van der Waals surface area (Å²) >= 11 is 0. The molecule has 18 heavy (non-hydrogen) atoms. The van der Waals surface area contributed by atoms with Gasteiger partial charge in [0.05, 0.1) is 0 Å². The van der Waals surface area contributed by atoms with Crippen LogP contribution in [0.1, 0.15) is 12.0 Å². The summed E-state index contributed by atoms with van der Waals surface area (Å²) in [5, 5.41) is 3.39. The van der Waals surface area contributed by atoms with E-state index in [9.17, 15) is 8.78 Å². The summed E-state index contributed by atoms with van der Waals surface area (Å²) in [6.45, 7) is 0.259. The van der Waals surface area contributed by atoms with Crippen LogP contribution in [-0.4, -0.2) is 36.7 Å². The Morgan fingerprint density at radius 1 is 1.22 bits per heavy atom. The molecule has 1 aromatic rings. The molecule has 98 valence electrons. The maximum absolute atomic E-state index is 12.0. The lowest BCUT2D eigenvalue weighted by molar-refractivity contribution is -0.0499. The Bertz CT molecular complexity index is 396. The average molecular weight is 254 g/mol. The first kappa shape index (κ1) is 11.9. The number of halogens is 2. The van der Waals surface area contributed by atoms with Crippen LogP contribution in [0, 0.1) is 0 Å². The van der Waals surface area contributed by atoms with E-state index in [-0.39, 0.29) is 5.75 Å². The molecule has 2 aliphatic rings. The van der Waals surface area contributed by atoms with Crippen LogP contribution >= 0.6 is 0 Å². The van der Waals surface area contributed by atoms with Gasteiger partial charge in [-0.25, -0.2) is 0 Å². The van der Waals surface area contributed by atoms with E-state index in [0.29, 0.717) is 12.1 Å². The maximum Gasteiger partial charge on any atom is 0.387 e. The highest BCUT2D eigenvalue weighted by Gasteiger charge is 2.40. The number of alkyl halides is 2. The van der Waals surface area contributed by atoms with Crippen molar-refractivity contribution in [3.8, 4) is 5.75 Å². The SMILES string of the molecule is FC(F)Oc1ccc(CN2C3CNCC2C3)cc1. The van der Waals surface area contributed by atoms with Gasteiger partial charge in [0.15, 0.2) is 0 Å². The Morgan fingerprint density at radius 3 is 2.44 bits per heavy atom. The molecule has 3 nitrogen and oxygen atoms in total. The molecule has 3 rings (SSSR count). The highest BCUT2D eigenvalue weighted by molar-refractivity contribution is 5.27. The van der Waals surface area contributed by atoms with Gasteiger partial charge in [-0.3, -0.25) is 4.90 Å². The van der Waals surface area contributed by atoms with Gasteiger partial charge in [-0.1, -0.05) is 12.1 Å². The lowest BCUT2D eigenvalue weighted by Crippen LogP contribution is -2.67. The Morgan fingerprint density at radius 2 is 1.89 bits per heavy atom. The zero-order valence-corrected chi connectivity index (χ0v) is 9.98. The summed E-state index contributed by atoms with van der Waals surface area (Å²) in [5.41, 5.74) is 1.15. The minimum Gasteiger partial charge on any atom is -0.435 e. The second-order valence-electron chi connectivity index (χ2n) is 4.90. The number of benzene rings is 1. The van der Waals surface area contributed by atoms with Crippen LogP contribution in [0.25, 0.3) is 0 Å². The second kappa shape index (κ2) is 4.82. The lowest BCUT2D eigenvalue weighted by Gasteiger charge is -2.53. The van der Waals surface area contributed by atoms with Gasteiger partial charge in [-0.05, 0) is 24.1 Å². The summed E-state index contributed by atoms with van der Waals surface area (Å²) in [4.78, 5) is 2.47.